The Kier molecular flexibility index (Phi) is 3.29. The van der Waals surface area contributed by atoms with Gasteiger partial charge >= 0.3 is 0 Å². The molecular formula is C8H12N4O. The highest BCUT2D eigenvalue weighted by molar-refractivity contribution is 5.22. The second-order valence-corrected chi connectivity index (χ2v) is 2.68. The fraction of sp³-hybridized carbons (Fsp3) is 0.500. The molecule has 1 aromatic heterocycles. The van der Waals surface area contributed by atoms with Crippen LogP contribution in [0.4, 0.5) is 5.82 Å². The number of nitriles is 1. The first-order valence-corrected chi connectivity index (χ1v) is 4.01. The summed E-state index contributed by atoms with van der Waals surface area (Å²) in [7, 11) is 0. The molecule has 1 aromatic rings. The molecule has 1 unspecified atom stereocenters. The van der Waals surface area contributed by atoms with Gasteiger partial charge in [0.1, 0.15) is 11.9 Å². The topological polar surface area (TPSA) is 76.9 Å². The van der Waals surface area contributed by atoms with Crippen molar-refractivity contribution in [2.24, 2.45) is 0 Å². The summed E-state index contributed by atoms with van der Waals surface area (Å²) in [4.78, 5) is 3.85. The first kappa shape index (κ1) is 9.55. The number of rotatable bonds is 4. The standard InChI is InChI=1S/C8H12N4O/c1-7(4-9)13-3-2-12-5-8(10)11-6-12/h5-7H,2-3,10H2,1H3. The van der Waals surface area contributed by atoms with Gasteiger partial charge in [0.05, 0.1) is 19.0 Å². The second-order valence-electron chi connectivity index (χ2n) is 2.68. The normalized spacial score (nSPS) is 12.3. The smallest absolute Gasteiger partial charge is 0.141 e. The third-order valence-corrected chi connectivity index (χ3v) is 1.55. The van der Waals surface area contributed by atoms with Crippen molar-refractivity contribution >= 4 is 5.82 Å². The van der Waals surface area contributed by atoms with E-state index in [1.807, 2.05) is 10.6 Å². The number of hydrogen-bond donors (Lipinski definition) is 1. The molecule has 0 bridgehead atoms. The van der Waals surface area contributed by atoms with Gasteiger partial charge in [-0.25, -0.2) is 4.98 Å². The third kappa shape index (κ3) is 3.13. The first-order valence-electron chi connectivity index (χ1n) is 4.01. The van der Waals surface area contributed by atoms with Crippen LogP contribution >= 0.6 is 0 Å². The Balaban J connectivity index is 2.25. The molecule has 5 nitrogen and oxygen atoms in total. The summed E-state index contributed by atoms with van der Waals surface area (Å²) in [5.74, 6) is 0.494. The van der Waals surface area contributed by atoms with Crippen molar-refractivity contribution in [3.05, 3.63) is 12.5 Å². The predicted octanol–water partition coefficient (Wildman–Crippen LogP) is 0.394. The van der Waals surface area contributed by atoms with E-state index in [2.05, 4.69) is 4.98 Å². The molecule has 0 aromatic carbocycles. The number of imidazole rings is 1. The van der Waals surface area contributed by atoms with Gasteiger partial charge in [-0.2, -0.15) is 5.26 Å². The summed E-state index contributed by atoms with van der Waals surface area (Å²) < 4.78 is 6.97. The van der Waals surface area contributed by atoms with E-state index in [0.29, 0.717) is 19.0 Å². The molecule has 0 aliphatic rings. The molecule has 0 amide bonds. The molecule has 0 aliphatic heterocycles. The monoisotopic (exact) mass is 180 g/mol. The van der Waals surface area contributed by atoms with Crippen LogP contribution in [0, 0.1) is 11.3 Å². The van der Waals surface area contributed by atoms with Crippen LogP contribution in [0.15, 0.2) is 12.5 Å². The molecule has 0 radical (unpaired) electrons. The summed E-state index contributed by atoms with van der Waals surface area (Å²) in [5, 5.41) is 8.42. The molecular weight excluding hydrogens is 168 g/mol. The van der Waals surface area contributed by atoms with Crippen molar-refractivity contribution in [2.75, 3.05) is 12.3 Å². The lowest BCUT2D eigenvalue weighted by atomic mass is 10.4. The molecule has 0 saturated heterocycles. The van der Waals surface area contributed by atoms with E-state index in [1.54, 1.807) is 19.4 Å². The predicted molar refractivity (Wildman–Crippen MR) is 47.7 cm³/mol. The van der Waals surface area contributed by atoms with E-state index in [1.165, 1.54) is 0 Å². The summed E-state index contributed by atoms with van der Waals surface area (Å²) in [5.41, 5.74) is 5.41. The summed E-state index contributed by atoms with van der Waals surface area (Å²) >= 11 is 0. The Morgan fingerprint density at radius 1 is 1.85 bits per heavy atom. The molecule has 70 valence electrons. The van der Waals surface area contributed by atoms with Crippen molar-refractivity contribution in [2.45, 2.75) is 19.6 Å². The van der Waals surface area contributed by atoms with E-state index < -0.39 is 0 Å². The van der Waals surface area contributed by atoms with Gasteiger partial charge in [0.2, 0.25) is 0 Å². The average molecular weight is 180 g/mol. The molecule has 0 aliphatic carbocycles. The van der Waals surface area contributed by atoms with Crippen molar-refractivity contribution in [3.8, 4) is 6.07 Å². The molecule has 13 heavy (non-hydrogen) atoms. The van der Waals surface area contributed by atoms with Crippen LogP contribution < -0.4 is 5.73 Å². The second kappa shape index (κ2) is 4.48. The van der Waals surface area contributed by atoms with Gasteiger partial charge in [-0.15, -0.1) is 0 Å². The van der Waals surface area contributed by atoms with E-state index in [9.17, 15) is 0 Å². The quantitative estimate of drug-likeness (QED) is 0.727. The van der Waals surface area contributed by atoms with Crippen LogP contribution in [0.1, 0.15) is 6.92 Å². The first-order chi connectivity index (χ1) is 6.22. The molecule has 0 saturated carbocycles. The minimum atomic E-state index is -0.360. The Morgan fingerprint density at radius 3 is 3.15 bits per heavy atom. The van der Waals surface area contributed by atoms with Crippen molar-refractivity contribution in [1.29, 1.82) is 5.26 Å². The van der Waals surface area contributed by atoms with E-state index in [0.717, 1.165) is 0 Å². The maximum atomic E-state index is 8.42. The average Bonchev–Trinajstić information content (AvgIpc) is 2.51. The zero-order valence-electron chi connectivity index (χ0n) is 7.47. The maximum Gasteiger partial charge on any atom is 0.141 e. The highest BCUT2D eigenvalue weighted by Crippen LogP contribution is 1.97. The van der Waals surface area contributed by atoms with Gasteiger partial charge in [-0.3, -0.25) is 0 Å². The molecule has 0 spiro atoms. The lowest BCUT2D eigenvalue weighted by molar-refractivity contribution is 0.0952. The van der Waals surface area contributed by atoms with Gasteiger partial charge in [0.15, 0.2) is 0 Å². The van der Waals surface area contributed by atoms with Crippen LogP contribution in [0.5, 0.6) is 0 Å². The Bertz CT molecular complexity index is 301. The van der Waals surface area contributed by atoms with E-state index in [-0.39, 0.29) is 6.10 Å². The SMILES string of the molecule is CC(C#N)OCCn1cnc(N)c1. The van der Waals surface area contributed by atoms with E-state index >= 15 is 0 Å². The molecule has 2 N–H and O–H groups in total. The molecule has 1 heterocycles. The largest absolute Gasteiger partial charge is 0.382 e. The highest BCUT2D eigenvalue weighted by Gasteiger charge is 1.98. The molecule has 0 fully saturated rings. The number of nitrogens with zero attached hydrogens (tertiary/aromatic N) is 3. The number of nitrogen functional groups attached to an aromatic ring is 1. The highest BCUT2D eigenvalue weighted by atomic mass is 16.5. The van der Waals surface area contributed by atoms with Crippen molar-refractivity contribution in [1.82, 2.24) is 9.55 Å². The summed E-state index contributed by atoms with van der Waals surface area (Å²) in [6.07, 6.45) is 3.00. The number of hydrogen-bond acceptors (Lipinski definition) is 4. The van der Waals surface area contributed by atoms with Gasteiger partial charge in [-0.1, -0.05) is 0 Å². The summed E-state index contributed by atoms with van der Waals surface area (Å²) in [6, 6.07) is 1.98. The summed E-state index contributed by atoms with van der Waals surface area (Å²) in [6.45, 7) is 2.86. The zero-order chi connectivity index (χ0) is 9.68. The lowest BCUT2D eigenvalue weighted by Gasteiger charge is -2.05. The van der Waals surface area contributed by atoms with Crippen LogP contribution in [0.3, 0.4) is 0 Å². The van der Waals surface area contributed by atoms with Gasteiger partial charge in [-0.05, 0) is 6.92 Å². The van der Waals surface area contributed by atoms with Gasteiger partial charge in [0, 0.05) is 12.7 Å². The van der Waals surface area contributed by atoms with Crippen LogP contribution in [-0.4, -0.2) is 22.3 Å². The van der Waals surface area contributed by atoms with Gasteiger partial charge in [0.25, 0.3) is 0 Å². The van der Waals surface area contributed by atoms with Crippen LogP contribution in [0.2, 0.25) is 0 Å². The fourth-order valence-corrected chi connectivity index (χ4v) is 0.872. The van der Waals surface area contributed by atoms with E-state index in [4.69, 9.17) is 15.7 Å². The van der Waals surface area contributed by atoms with Crippen molar-refractivity contribution in [3.63, 3.8) is 0 Å². The maximum absolute atomic E-state index is 8.42. The third-order valence-electron chi connectivity index (χ3n) is 1.55. The van der Waals surface area contributed by atoms with Crippen LogP contribution in [0.25, 0.3) is 0 Å². The Hall–Kier alpha value is -1.54. The Labute approximate surface area is 76.7 Å². The number of anilines is 1. The lowest BCUT2D eigenvalue weighted by Crippen LogP contribution is -2.10. The minimum Gasteiger partial charge on any atom is -0.382 e. The molecule has 1 atom stereocenters. The zero-order valence-corrected chi connectivity index (χ0v) is 7.47. The van der Waals surface area contributed by atoms with Crippen LogP contribution in [-0.2, 0) is 11.3 Å². The fourth-order valence-electron chi connectivity index (χ4n) is 0.872. The number of aromatic nitrogens is 2. The number of ether oxygens (including phenoxy) is 1. The minimum absolute atomic E-state index is 0.360. The number of nitrogens with two attached hydrogens (primary N) is 1. The van der Waals surface area contributed by atoms with Gasteiger partial charge < -0.3 is 15.0 Å². The molecule has 5 heteroatoms. The molecule has 1 rings (SSSR count). The van der Waals surface area contributed by atoms with Crippen molar-refractivity contribution < 1.29 is 4.74 Å². The Morgan fingerprint density at radius 2 is 2.62 bits per heavy atom.